The summed E-state index contributed by atoms with van der Waals surface area (Å²) in [5, 5.41) is 9.77. The van der Waals surface area contributed by atoms with Crippen LogP contribution in [0, 0.1) is 0 Å². The maximum Gasteiger partial charge on any atom is 0.195 e. The molecule has 1 aromatic heterocycles. The summed E-state index contributed by atoms with van der Waals surface area (Å²) >= 11 is 1.27. The van der Waals surface area contributed by atoms with Gasteiger partial charge in [-0.2, -0.15) is 0 Å². The summed E-state index contributed by atoms with van der Waals surface area (Å²) in [4.78, 5) is 16.1. The van der Waals surface area contributed by atoms with Crippen LogP contribution in [0.25, 0.3) is 0 Å². The summed E-state index contributed by atoms with van der Waals surface area (Å²) < 4.78 is 0. The van der Waals surface area contributed by atoms with E-state index in [0.717, 1.165) is 17.9 Å². The topological polar surface area (TPSA) is 50.2 Å². The van der Waals surface area contributed by atoms with E-state index in [9.17, 15) is 4.79 Å². The van der Waals surface area contributed by atoms with Gasteiger partial charge in [-0.25, -0.2) is 4.98 Å². The lowest BCUT2D eigenvalue weighted by Crippen LogP contribution is -1.92. The molecular weight excluding hydrogens is 354 g/mol. The van der Waals surface area contributed by atoms with Crippen molar-refractivity contribution in [1.29, 1.82) is 0 Å². The Labute approximate surface area is 170 Å². The van der Waals surface area contributed by atoms with Crippen molar-refractivity contribution in [3.05, 3.63) is 24.4 Å². The molecule has 0 aromatic carbocycles. The van der Waals surface area contributed by atoms with Gasteiger partial charge in [-0.15, -0.1) is 0 Å². The molecule has 0 saturated carbocycles. The van der Waals surface area contributed by atoms with Crippen molar-refractivity contribution < 1.29 is 9.90 Å². The van der Waals surface area contributed by atoms with Crippen molar-refractivity contribution in [1.82, 2.24) is 4.98 Å². The smallest absolute Gasteiger partial charge is 0.195 e. The quantitative estimate of drug-likeness (QED) is 0.217. The molecule has 0 unspecified atom stereocenters. The standard InChI is InChI=1S/C23H39NO2S/c25-21-17-13-11-9-7-5-3-1-2-4-6-8-10-12-14-19-23(26)27-22-18-15-16-20-24-22/h15-16,18,20,25H,1-14,17,19,21H2. The average molecular weight is 394 g/mol. The number of hydrogen-bond acceptors (Lipinski definition) is 4. The van der Waals surface area contributed by atoms with Crippen molar-refractivity contribution in [2.75, 3.05) is 6.61 Å². The summed E-state index contributed by atoms with van der Waals surface area (Å²) in [5.74, 6) is 0. The van der Waals surface area contributed by atoms with E-state index in [0.29, 0.717) is 13.0 Å². The largest absolute Gasteiger partial charge is 0.396 e. The van der Waals surface area contributed by atoms with Crippen LogP contribution in [0.3, 0.4) is 0 Å². The summed E-state index contributed by atoms with van der Waals surface area (Å²) in [6, 6.07) is 5.68. The van der Waals surface area contributed by atoms with E-state index in [1.807, 2.05) is 18.2 Å². The van der Waals surface area contributed by atoms with Crippen LogP contribution < -0.4 is 0 Å². The Morgan fingerprint density at radius 1 is 0.741 bits per heavy atom. The van der Waals surface area contributed by atoms with Crippen molar-refractivity contribution in [3.8, 4) is 0 Å². The first-order valence-electron chi connectivity index (χ1n) is 11.1. The van der Waals surface area contributed by atoms with Crippen molar-refractivity contribution >= 4 is 16.9 Å². The van der Waals surface area contributed by atoms with E-state index < -0.39 is 0 Å². The molecule has 27 heavy (non-hydrogen) atoms. The third kappa shape index (κ3) is 15.8. The van der Waals surface area contributed by atoms with Gasteiger partial charge in [0.05, 0.1) is 0 Å². The lowest BCUT2D eigenvalue weighted by molar-refractivity contribution is -0.111. The van der Waals surface area contributed by atoms with E-state index >= 15 is 0 Å². The number of nitrogens with zero attached hydrogens (tertiary/aromatic N) is 1. The molecule has 4 heteroatoms. The summed E-state index contributed by atoms with van der Waals surface area (Å²) in [6.45, 7) is 0.350. The summed E-state index contributed by atoms with van der Waals surface area (Å²) in [5.41, 5.74) is 0. The highest BCUT2D eigenvalue weighted by Crippen LogP contribution is 2.19. The number of aromatic nitrogens is 1. The molecule has 0 amide bonds. The average Bonchev–Trinajstić information content (AvgIpc) is 2.68. The van der Waals surface area contributed by atoms with Crippen molar-refractivity contribution in [3.63, 3.8) is 0 Å². The molecule has 0 saturated heterocycles. The van der Waals surface area contributed by atoms with Crippen LogP contribution in [-0.2, 0) is 4.79 Å². The van der Waals surface area contributed by atoms with Gasteiger partial charge >= 0.3 is 0 Å². The number of aliphatic hydroxyl groups excluding tert-OH is 1. The third-order valence-corrected chi connectivity index (χ3v) is 5.78. The number of carbonyl (C=O) groups excluding carboxylic acids is 1. The molecule has 0 bridgehead atoms. The summed E-state index contributed by atoms with van der Waals surface area (Å²) in [6.07, 6.45) is 21.5. The lowest BCUT2D eigenvalue weighted by Gasteiger charge is -2.03. The van der Waals surface area contributed by atoms with Crippen LogP contribution in [0.5, 0.6) is 0 Å². The highest BCUT2D eigenvalue weighted by atomic mass is 32.2. The van der Waals surface area contributed by atoms with Gasteiger partial charge in [-0.1, -0.05) is 89.5 Å². The SMILES string of the molecule is O=C(CCCCCCCCCCCCCCCCCO)Sc1ccccn1. The van der Waals surface area contributed by atoms with Gasteiger partial charge in [0.15, 0.2) is 5.12 Å². The number of aliphatic hydroxyl groups is 1. The Hall–Kier alpha value is -0.870. The molecule has 0 spiro atoms. The van der Waals surface area contributed by atoms with E-state index in [1.165, 1.54) is 95.2 Å². The monoisotopic (exact) mass is 393 g/mol. The number of thioether (sulfide) groups is 1. The van der Waals surface area contributed by atoms with Crippen LogP contribution in [-0.4, -0.2) is 21.8 Å². The third-order valence-electron chi connectivity index (χ3n) is 4.90. The fraction of sp³-hybridized carbons (Fsp3) is 0.739. The molecular formula is C23H39NO2S. The highest BCUT2D eigenvalue weighted by molar-refractivity contribution is 8.13. The summed E-state index contributed by atoms with van der Waals surface area (Å²) in [7, 11) is 0. The molecule has 0 atom stereocenters. The zero-order valence-electron chi connectivity index (χ0n) is 17.0. The van der Waals surface area contributed by atoms with E-state index in [1.54, 1.807) is 6.20 Å². The lowest BCUT2D eigenvalue weighted by atomic mass is 10.0. The second kappa shape index (κ2) is 18.5. The molecule has 1 N–H and O–H groups in total. The minimum atomic E-state index is 0.238. The Bertz CT molecular complexity index is 453. The highest BCUT2D eigenvalue weighted by Gasteiger charge is 2.05. The van der Waals surface area contributed by atoms with Crippen LogP contribution in [0.4, 0.5) is 0 Å². The van der Waals surface area contributed by atoms with Gasteiger partial charge in [0, 0.05) is 19.2 Å². The van der Waals surface area contributed by atoms with Gasteiger partial charge < -0.3 is 5.11 Å². The number of pyridine rings is 1. The van der Waals surface area contributed by atoms with Crippen LogP contribution in [0.15, 0.2) is 29.4 Å². The molecule has 0 aliphatic heterocycles. The Kier molecular flexibility index (Phi) is 16.6. The predicted molar refractivity (Wildman–Crippen MR) is 116 cm³/mol. The number of rotatable bonds is 18. The first-order valence-corrected chi connectivity index (χ1v) is 11.9. The zero-order valence-corrected chi connectivity index (χ0v) is 17.9. The van der Waals surface area contributed by atoms with Gasteiger partial charge in [-0.3, -0.25) is 4.79 Å². The van der Waals surface area contributed by atoms with Crippen LogP contribution in [0.2, 0.25) is 0 Å². The molecule has 154 valence electrons. The molecule has 1 heterocycles. The van der Waals surface area contributed by atoms with Crippen LogP contribution in [0.1, 0.15) is 103 Å². The Morgan fingerprint density at radius 2 is 1.22 bits per heavy atom. The first-order chi connectivity index (χ1) is 13.3. The zero-order chi connectivity index (χ0) is 19.4. The second-order valence-corrected chi connectivity index (χ2v) is 8.50. The van der Waals surface area contributed by atoms with E-state index in [-0.39, 0.29) is 5.12 Å². The van der Waals surface area contributed by atoms with E-state index in [4.69, 9.17) is 5.11 Å². The fourth-order valence-electron chi connectivity index (χ4n) is 3.25. The Balaban J connectivity index is 1.76. The molecule has 0 radical (unpaired) electrons. The molecule has 1 aromatic rings. The number of hydrogen-bond donors (Lipinski definition) is 1. The molecule has 0 fully saturated rings. The molecule has 0 aliphatic carbocycles. The minimum Gasteiger partial charge on any atom is -0.396 e. The molecule has 1 rings (SSSR count). The number of unbranched alkanes of at least 4 members (excludes halogenated alkanes) is 14. The Morgan fingerprint density at radius 3 is 1.67 bits per heavy atom. The van der Waals surface area contributed by atoms with Gasteiger partial charge in [-0.05, 0) is 36.7 Å². The molecule has 0 aliphatic rings. The van der Waals surface area contributed by atoms with E-state index in [2.05, 4.69) is 4.98 Å². The van der Waals surface area contributed by atoms with Crippen molar-refractivity contribution in [2.24, 2.45) is 0 Å². The second-order valence-electron chi connectivity index (χ2n) is 7.42. The van der Waals surface area contributed by atoms with Gasteiger partial charge in [0.25, 0.3) is 0 Å². The number of carbonyl (C=O) groups is 1. The first kappa shape index (κ1) is 24.2. The maximum absolute atomic E-state index is 11.9. The van der Waals surface area contributed by atoms with Crippen molar-refractivity contribution in [2.45, 2.75) is 108 Å². The predicted octanol–water partition coefficient (Wildman–Crippen LogP) is 6.93. The normalized spacial score (nSPS) is 11.0. The van der Waals surface area contributed by atoms with Gasteiger partial charge in [0.2, 0.25) is 0 Å². The molecule has 3 nitrogen and oxygen atoms in total. The van der Waals surface area contributed by atoms with Crippen LogP contribution >= 0.6 is 11.8 Å². The maximum atomic E-state index is 11.9. The van der Waals surface area contributed by atoms with Gasteiger partial charge in [0.1, 0.15) is 5.03 Å². The minimum absolute atomic E-state index is 0.238. The fourth-order valence-corrected chi connectivity index (χ4v) is 3.99.